The van der Waals surface area contributed by atoms with Crippen LogP contribution >= 0.6 is 11.6 Å². The molecule has 0 spiro atoms. The van der Waals surface area contributed by atoms with E-state index in [1.54, 1.807) is 20.0 Å². The first-order valence-corrected chi connectivity index (χ1v) is 7.13. The molecular formula is C11H11ClFN3O2S. The Morgan fingerprint density at radius 1 is 1.42 bits per heavy atom. The standard InChI is InChI=1S/C11H11ClFN3O2S/c1-7-3-4-9(8(13)5-7)15-19(17,18)11-10(12)16(2)6-14-11/h3-6,15H,1-2H3. The number of hydrogen-bond donors (Lipinski definition) is 1. The second-order valence-corrected chi connectivity index (χ2v) is 6.00. The van der Waals surface area contributed by atoms with Crippen molar-refractivity contribution in [3.63, 3.8) is 0 Å². The fourth-order valence-electron chi connectivity index (χ4n) is 1.47. The van der Waals surface area contributed by atoms with Crippen molar-refractivity contribution in [1.29, 1.82) is 0 Å². The van der Waals surface area contributed by atoms with Crippen LogP contribution in [-0.4, -0.2) is 18.0 Å². The number of nitrogens with zero attached hydrogens (tertiary/aromatic N) is 2. The van der Waals surface area contributed by atoms with Crippen LogP contribution in [0.1, 0.15) is 5.56 Å². The van der Waals surface area contributed by atoms with Crippen LogP contribution in [0.5, 0.6) is 0 Å². The third-order valence-corrected chi connectivity index (χ3v) is 4.31. The molecule has 0 saturated carbocycles. The highest BCUT2D eigenvalue weighted by Crippen LogP contribution is 2.23. The summed E-state index contributed by atoms with van der Waals surface area (Å²) in [7, 11) is -2.46. The maximum atomic E-state index is 13.6. The van der Waals surface area contributed by atoms with Crippen LogP contribution in [0.25, 0.3) is 0 Å². The van der Waals surface area contributed by atoms with Gasteiger partial charge in [-0.2, -0.15) is 8.42 Å². The van der Waals surface area contributed by atoms with Crippen molar-refractivity contribution < 1.29 is 12.8 Å². The smallest absolute Gasteiger partial charge is 0.282 e. The Morgan fingerprint density at radius 2 is 2.11 bits per heavy atom. The summed E-state index contributed by atoms with van der Waals surface area (Å²) in [6.45, 7) is 1.71. The second-order valence-electron chi connectivity index (χ2n) is 4.04. The molecule has 0 aliphatic carbocycles. The van der Waals surface area contributed by atoms with Gasteiger partial charge < -0.3 is 4.57 Å². The summed E-state index contributed by atoms with van der Waals surface area (Å²) in [5.41, 5.74) is 0.545. The van der Waals surface area contributed by atoms with Crippen molar-refractivity contribution in [2.75, 3.05) is 4.72 Å². The van der Waals surface area contributed by atoms with Crippen LogP contribution in [-0.2, 0) is 17.1 Å². The Bertz CT molecular complexity index is 728. The van der Waals surface area contributed by atoms with Gasteiger partial charge >= 0.3 is 0 Å². The Balaban J connectivity index is 2.39. The van der Waals surface area contributed by atoms with Gasteiger partial charge in [-0.05, 0) is 24.6 Å². The molecule has 19 heavy (non-hydrogen) atoms. The fraction of sp³-hybridized carbons (Fsp3) is 0.182. The van der Waals surface area contributed by atoms with Crippen molar-refractivity contribution in [3.8, 4) is 0 Å². The van der Waals surface area contributed by atoms with Gasteiger partial charge in [0.25, 0.3) is 10.0 Å². The lowest BCUT2D eigenvalue weighted by Gasteiger charge is -2.08. The van der Waals surface area contributed by atoms with Gasteiger partial charge in [0, 0.05) is 7.05 Å². The van der Waals surface area contributed by atoms with Crippen molar-refractivity contribution >= 4 is 27.3 Å². The molecule has 0 saturated heterocycles. The zero-order valence-corrected chi connectivity index (χ0v) is 11.8. The molecule has 0 aliphatic rings. The van der Waals surface area contributed by atoms with Gasteiger partial charge in [-0.3, -0.25) is 4.72 Å². The average Bonchev–Trinajstić information content (AvgIpc) is 2.64. The third-order valence-electron chi connectivity index (χ3n) is 2.46. The number of benzene rings is 1. The molecule has 0 atom stereocenters. The molecule has 1 heterocycles. The molecule has 5 nitrogen and oxygen atoms in total. The summed E-state index contributed by atoms with van der Waals surface area (Å²) < 4.78 is 41.2. The molecule has 1 aromatic carbocycles. The van der Waals surface area contributed by atoms with Gasteiger partial charge in [0.15, 0.2) is 0 Å². The van der Waals surface area contributed by atoms with E-state index in [9.17, 15) is 12.8 Å². The number of sulfonamides is 1. The lowest BCUT2D eigenvalue weighted by Crippen LogP contribution is -2.15. The lowest BCUT2D eigenvalue weighted by molar-refractivity contribution is 0.595. The number of anilines is 1. The predicted molar refractivity (Wildman–Crippen MR) is 70.2 cm³/mol. The molecule has 2 aromatic rings. The van der Waals surface area contributed by atoms with Gasteiger partial charge in [0.1, 0.15) is 11.0 Å². The highest BCUT2D eigenvalue weighted by Gasteiger charge is 2.23. The van der Waals surface area contributed by atoms with E-state index in [1.807, 2.05) is 0 Å². The molecule has 102 valence electrons. The monoisotopic (exact) mass is 303 g/mol. The molecule has 0 radical (unpaired) electrons. The Kier molecular flexibility index (Phi) is 3.51. The van der Waals surface area contributed by atoms with Crippen LogP contribution in [0.2, 0.25) is 5.15 Å². The van der Waals surface area contributed by atoms with Crippen molar-refractivity contribution in [2.24, 2.45) is 7.05 Å². The van der Waals surface area contributed by atoms with Crippen LogP contribution in [0.4, 0.5) is 10.1 Å². The molecule has 0 fully saturated rings. The summed E-state index contributed by atoms with van der Waals surface area (Å²) in [5.74, 6) is -0.657. The molecule has 2 rings (SSSR count). The molecule has 8 heteroatoms. The Labute approximate surface area is 115 Å². The fourth-order valence-corrected chi connectivity index (χ4v) is 2.97. The number of aryl methyl sites for hydroxylation is 2. The number of aromatic nitrogens is 2. The first-order chi connectivity index (χ1) is 8.81. The lowest BCUT2D eigenvalue weighted by atomic mass is 10.2. The first-order valence-electron chi connectivity index (χ1n) is 5.27. The van der Waals surface area contributed by atoms with E-state index in [0.29, 0.717) is 5.56 Å². The predicted octanol–water partition coefficient (Wildman–Crippen LogP) is 2.32. The third kappa shape index (κ3) is 2.71. The zero-order valence-electron chi connectivity index (χ0n) is 10.2. The Morgan fingerprint density at radius 3 is 2.63 bits per heavy atom. The van der Waals surface area contributed by atoms with Crippen LogP contribution in [0.3, 0.4) is 0 Å². The topological polar surface area (TPSA) is 64.0 Å². The minimum Gasteiger partial charge on any atom is -0.324 e. The van der Waals surface area contributed by atoms with Gasteiger partial charge in [-0.25, -0.2) is 9.37 Å². The van der Waals surface area contributed by atoms with Gasteiger partial charge in [0.2, 0.25) is 5.03 Å². The summed E-state index contributed by atoms with van der Waals surface area (Å²) in [4.78, 5) is 3.69. The number of hydrogen-bond acceptors (Lipinski definition) is 3. The van der Waals surface area contributed by atoms with E-state index >= 15 is 0 Å². The number of rotatable bonds is 3. The SMILES string of the molecule is Cc1ccc(NS(=O)(=O)c2ncn(C)c2Cl)c(F)c1. The zero-order chi connectivity index (χ0) is 14.2. The van der Waals surface area contributed by atoms with Gasteiger partial charge in [-0.15, -0.1) is 0 Å². The van der Waals surface area contributed by atoms with E-state index in [0.717, 1.165) is 0 Å². The largest absolute Gasteiger partial charge is 0.324 e. The summed E-state index contributed by atoms with van der Waals surface area (Å²) >= 11 is 5.81. The van der Waals surface area contributed by atoms with Gasteiger partial charge in [-0.1, -0.05) is 17.7 Å². The maximum absolute atomic E-state index is 13.6. The molecule has 0 unspecified atom stereocenters. The molecule has 0 amide bonds. The average molecular weight is 304 g/mol. The highest BCUT2D eigenvalue weighted by atomic mass is 35.5. The van der Waals surface area contributed by atoms with E-state index in [1.165, 1.54) is 23.0 Å². The Hall–Kier alpha value is -1.60. The molecular weight excluding hydrogens is 293 g/mol. The van der Waals surface area contributed by atoms with E-state index < -0.39 is 15.8 Å². The van der Waals surface area contributed by atoms with Crippen molar-refractivity contribution in [2.45, 2.75) is 11.9 Å². The van der Waals surface area contributed by atoms with E-state index in [-0.39, 0.29) is 15.9 Å². The minimum absolute atomic E-state index is 0.0416. The highest BCUT2D eigenvalue weighted by molar-refractivity contribution is 7.92. The summed E-state index contributed by atoms with van der Waals surface area (Å²) in [6, 6.07) is 4.18. The number of nitrogens with one attached hydrogen (secondary N) is 1. The van der Waals surface area contributed by atoms with Gasteiger partial charge in [0.05, 0.1) is 12.0 Å². The molecule has 1 N–H and O–H groups in total. The summed E-state index contributed by atoms with van der Waals surface area (Å²) in [5, 5.41) is -0.378. The number of halogens is 2. The summed E-state index contributed by atoms with van der Waals surface area (Å²) in [6.07, 6.45) is 1.27. The molecule has 0 aliphatic heterocycles. The second kappa shape index (κ2) is 4.82. The van der Waals surface area contributed by atoms with E-state index in [2.05, 4.69) is 9.71 Å². The normalized spacial score (nSPS) is 11.6. The van der Waals surface area contributed by atoms with E-state index in [4.69, 9.17) is 11.6 Å². The maximum Gasteiger partial charge on any atom is 0.282 e. The number of imidazole rings is 1. The molecule has 1 aromatic heterocycles. The van der Waals surface area contributed by atoms with Crippen LogP contribution in [0.15, 0.2) is 29.6 Å². The minimum atomic E-state index is -4.01. The van der Waals surface area contributed by atoms with Crippen LogP contribution < -0.4 is 4.72 Å². The quantitative estimate of drug-likeness (QED) is 0.946. The first kappa shape index (κ1) is 13.8. The molecule has 0 bridgehead atoms. The van der Waals surface area contributed by atoms with Crippen molar-refractivity contribution in [1.82, 2.24) is 9.55 Å². The van der Waals surface area contributed by atoms with Crippen LogP contribution in [0, 0.1) is 12.7 Å². The van der Waals surface area contributed by atoms with Crippen molar-refractivity contribution in [3.05, 3.63) is 41.1 Å².